The standard InChI is InChI=1S/C22H34N4O2.HI/c1-23-22(24-13-15-28-20-10-4-2-3-5-11-20)25-16-21(27)26-14-12-18-8-6-7-9-19(18)17-26;/h6-9,20H,2-5,10-17H2,1H3,(H2,23,24,25);1H. The zero-order valence-corrected chi connectivity index (χ0v) is 19.8. The first-order chi connectivity index (χ1) is 13.8. The quantitative estimate of drug-likeness (QED) is 0.201. The maximum Gasteiger partial charge on any atom is 0.242 e. The first-order valence-corrected chi connectivity index (χ1v) is 10.7. The summed E-state index contributed by atoms with van der Waals surface area (Å²) >= 11 is 0. The van der Waals surface area contributed by atoms with Crippen LogP contribution in [0.4, 0.5) is 0 Å². The number of hydrogen-bond acceptors (Lipinski definition) is 3. The molecule has 7 heteroatoms. The van der Waals surface area contributed by atoms with Crippen molar-refractivity contribution in [2.24, 2.45) is 4.99 Å². The Morgan fingerprint density at radius 2 is 1.86 bits per heavy atom. The van der Waals surface area contributed by atoms with Crippen molar-refractivity contribution < 1.29 is 9.53 Å². The molecule has 2 N–H and O–H groups in total. The van der Waals surface area contributed by atoms with Crippen molar-refractivity contribution in [2.75, 3.05) is 33.3 Å². The lowest BCUT2D eigenvalue weighted by atomic mass is 10.00. The molecule has 29 heavy (non-hydrogen) atoms. The van der Waals surface area contributed by atoms with E-state index in [4.69, 9.17) is 4.74 Å². The average Bonchev–Trinajstić information content (AvgIpc) is 3.01. The van der Waals surface area contributed by atoms with Gasteiger partial charge in [-0.05, 0) is 30.4 Å². The van der Waals surface area contributed by atoms with Crippen LogP contribution in [0.25, 0.3) is 0 Å². The third-order valence-corrected chi connectivity index (χ3v) is 5.66. The number of carbonyl (C=O) groups is 1. The van der Waals surface area contributed by atoms with Gasteiger partial charge in [-0.2, -0.15) is 0 Å². The fourth-order valence-corrected chi connectivity index (χ4v) is 4.00. The highest BCUT2D eigenvalue weighted by atomic mass is 127. The molecule has 2 aliphatic rings. The van der Waals surface area contributed by atoms with Gasteiger partial charge >= 0.3 is 0 Å². The molecule has 1 aromatic rings. The Balaban J connectivity index is 0.00000300. The second-order valence-corrected chi connectivity index (χ2v) is 7.67. The Hall–Kier alpha value is -1.35. The van der Waals surface area contributed by atoms with E-state index in [0.29, 0.717) is 31.8 Å². The summed E-state index contributed by atoms with van der Waals surface area (Å²) in [6, 6.07) is 8.36. The molecule has 0 saturated heterocycles. The van der Waals surface area contributed by atoms with Gasteiger partial charge in [0.2, 0.25) is 5.91 Å². The van der Waals surface area contributed by atoms with Crippen molar-refractivity contribution in [1.29, 1.82) is 0 Å². The van der Waals surface area contributed by atoms with Crippen LogP contribution in [0.5, 0.6) is 0 Å². The first-order valence-electron chi connectivity index (χ1n) is 10.7. The van der Waals surface area contributed by atoms with Crippen LogP contribution in [-0.2, 0) is 22.5 Å². The van der Waals surface area contributed by atoms with Crippen molar-refractivity contribution in [3.05, 3.63) is 35.4 Å². The number of amides is 1. The summed E-state index contributed by atoms with van der Waals surface area (Å²) in [5.41, 5.74) is 2.60. The summed E-state index contributed by atoms with van der Waals surface area (Å²) < 4.78 is 5.99. The average molecular weight is 514 g/mol. The third-order valence-electron chi connectivity index (χ3n) is 5.66. The lowest BCUT2D eigenvalue weighted by Crippen LogP contribution is -2.46. The van der Waals surface area contributed by atoms with Crippen molar-refractivity contribution in [3.8, 4) is 0 Å². The molecule has 162 valence electrons. The highest BCUT2D eigenvalue weighted by molar-refractivity contribution is 14.0. The summed E-state index contributed by atoms with van der Waals surface area (Å²) in [7, 11) is 1.73. The SMILES string of the molecule is CN=C(NCCOC1CCCCCC1)NCC(=O)N1CCc2ccccc2C1.I. The minimum atomic E-state index is 0. The molecule has 1 aliphatic carbocycles. The van der Waals surface area contributed by atoms with Gasteiger partial charge in [0.1, 0.15) is 0 Å². The van der Waals surface area contributed by atoms with Crippen LogP contribution in [-0.4, -0.2) is 56.2 Å². The van der Waals surface area contributed by atoms with Gasteiger partial charge in [0.25, 0.3) is 0 Å². The lowest BCUT2D eigenvalue weighted by molar-refractivity contribution is -0.130. The molecule has 0 radical (unpaired) electrons. The van der Waals surface area contributed by atoms with E-state index < -0.39 is 0 Å². The monoisotopic (exact) mass is 514 g/mol. The van der Waals surface area contributed by atoms with Crippen LogP contribution >= 0.6 is 24.0 Å². The predicted octanol–water partition coefficient (Wildman–Crippen LogP) is 3.09. The number of nitrogens with zero attached hydrogens (tertiary/aromatic N) is 2. The number of ether oxygens (including phenoxy) is 1. The highest BCUT2D eigenvalue weighted by Gasteiger charge is 2.20. The summed E-state index contributed by atoms with van der Waals surface area (Å²) in [5.74, 6) is 0.752. The van der Waals surface area contributed by atoms with Gasteiger partial charge in [-0.1, -0.05) is 49.9 Å². The molecule has 1 amide bonds. The molecule has 1 saturated carbocycles. The molecule has 0 atom stereocenters. The van der Waals surface area contributed by atoms with E-state index >= 15 is 0 Å². The van der Waals surface area contributed by atoms with Crippen molar-refractivity contribution in [1.82, 2.24) is 15.5 Å². The number of aliphatic imine (C=N–C) groups is 1. The second-order valence-electron chi connectivity index (χ2n) is 7.67. The van der Waals surface area contributed by atoms with Crippen molar-refractivity contribution in [3.63, 3.8) is 0 Å². The minimum Gasteiger partial charge on any atom is -0.376 e. The predicted molar refractivity (Wildman–Crippen MR) is 128 cm³/mol. The Kier molecular flexibility index (Phi) is 10.8. The van der Waals surface area contributed by atoms with E-state index in [-0.39, 0.29) is 36.4 Å². The van der Waals surface area contributed by atoms with Gasteiger partial charge in [0, 0.05) is 26.7 Å². The third kappa shape index (κ3) is 7.77. The molecule has 0 unspecified atom stereocenters. The molecule has 0 spiro atoms. The largest absolute Gasteiger partial charge is 0.376 e. The summed E-state index contributed by atoms with van der Waals surface area (Å²) in [4.78, 5) is 18.7. The van der Waals surface area contributed by atoms with Gasteiger partial charge in [-0.3, -0.25) is 9.79 Å². The van der Waals surface area contributed by atoms with Crippen LogP contribution in [0.15, 0.2) is 29.3 Å². The van der Waals surface area contributed by atoms with E-state index in [2.05, 4.69) is 33.8 Å². The minimum absolute atomic E-state index is 0. The summed E-state index contributed by atoms with van der Waals surface area (Å²) in [5, 5.41) is 6.37. The Bertz CT molecular complexity index is 660. The molecule has 6 nitrogen and oxygen atoms in total. The van der Waals surface area contributed by atoms with Crippen molar-refractivity contribution >= 4 is 35.8 Å². The second kappa shape index (κ2) is 13.1. The number of fused-ring (bicyclic) bond motifs is 1. The molecule has 3 rings (SSSR count). The van der Waals surface area contributed by atoms with Gasteiger partial charge in [-0.15, -0.1) is 24.0 Å². The molecule has 0 bridgehead atoms. The Morgan fingerprint density at radius 3 is 2.59 bits per heavy atom. The number of halogens is 1. The van der Waals surface area contributed by atoms with Crippen LogP contribution in [0.3, 0.4) is 0 Å². The number of hydrogen-bond donors (Lipinski definition) is 2. The van der Waals surface area contributed by atoms with Gasteiger partial charge in [-0.25, -0.2) is 0 Å². The molecule has 1 aliphatic heterocycles. The zero-order valence-electron chi connectivity index (χ0n) is 17.5. The molecular formula is C22H35IN4O2. The van der Waals surface area contributed by atoms with Crippen LogP contribution < -0.4 is 10.6 Å². The Labute approximate surface area is 191 Å². The number of rotatable bonds is 6. The molecular weight excluding hydrogens is 479 g/mol. The Morgan fingerprint density at radius 1 is 1.14 bits per heavy atom. The van der Waals surface area contributed by atoms with Crippen LogP contribution in [0.2, 0.25) is 0 Å². The zero-order chi connectivity index (χ0) is 19.6. The van der Waals surface area contributed by atoms with Gasteiger partial charge < -0.3 is 20.3 Å². The smallest absolute Gasteiger partial charge is 0.242 e. The molecule has 1 aromatic carbocycles. The van der Waals surface area contributed by atoms with Gasteiger partial charge in [0.15, 0.2) is 5.96 Å². The molecule has 1 fully saturated rings. The number of nitrogens with one attached hydrogen (secondary N) is 2. The van der Waals surface area contributed by atoms with Gasteiger partial charge in [0.05, 0.1) is 19.3 Å². The fourth-order valence-electron chi connectivity index (χ4n) is 4.00. The molecule has 1 heterocycles. The van der Waals surface area contributed by atoms with Crippen molar-refractivity contribution in [2.45, 2.75) is 57.6 Å². The highest BCUT2D eigenvalue weighted by Crippen LogP contribution is 2.19. The van der Waals surface area contributed by atoms with E-state index in [1.807, 2.05) is 11.0 Å². The van der Waals surface area contributed by atoms with E-state index in [9.17, 15) is 4.79 Å². The number of benzene rings is 1. The number of carbonyl (C=O) groups excluding carboxylic acids is 1. The molecule has 0 aromatic heterocycles. The van der Waals surface area contributed by atoms with Crippen LogP contribution in [0, 0.1) is 0 Å². The number of guanidine groups is 1. The first kappa shape index (κ1) is 23.9. The topological polar surface area (TPSA) is 66.0 Å². The summed E-state index contributed by atoms with van der Waals surface area (Å²) in [6.07, 6.45) is 8.93. The van der Waals surface area contributed by atoms with E-state index in [1.165, 1.54) is 49.7 Å². The van der Waals surface area contributed by atoms with E-state index in [0.717, 1.165) is 13.0 Å². The van der Waals surface area contributed by atoms with E-state index in [1.54, 1.807) is 7.05 Å². The summed E-state index contributed by atoms with van der Waals surface area (Å²) in [6.45, 7) is 3.09. The van der Waals surface area contributed by atoms with Crippen LogP contribution in [0.1, 0.15) is 49.7 Å². The maximum atomic E-state index is 12.6. The maximum absolute atomic E-state index is 12.6. The normalized spacial score (nSPS) is 17.7. The lowest BCUT2D eigenvalue weighted by Gasteiger charge is -2.29. The fraction of sp³-hybridized carbons (Fsp3) is 0.636.